The SMILES string of the molecule is O=C(NC(Cc1ccccc1)c1nnc(SCc2ccc(F)cc2)n1-c1ccc(Cl)cc1Cl)c1ccc(Cl)cc1. The molecule has 5 aromatic rings. The Labute approximate surface area is 250 Å². The summed E-state index contributed by atoms with van der Waals surface area (Å²) < 4.78 is 15.3. The Morgan fingerprint density at radius 2 is 1.55 bits per heavy atom. The maximum absolute atomic E-state index is 13.4. The molecule has 5 rings (SSSR count). The summed E-state index contributed by atoms with van der Waals surface area (Å²) in [4.78, 5) is 13.3. The van der Waals surface area contributed by atoms with Gasteiger partial charge in [-0.2, -0.15) is 0 Å². The zero-order chi connectivity index (χ0) is 28.1. The zero-order valence-corrected chi connectivity index (χ0v) is 24.0. The van der Waals surface area contributed by atoms with Gasteiger partial charge >= 0.3 is 0 Å². The number of hydrogen-bond donors (Lipinski definition) is 1. The van der Waals surface area contributed by atoms with Gasteiger partial charge in [-0.25, -0.2) is 4.39 Å². The summed E-state index contributed by atoms with van der Waals surface area (Å²) >= 11 is 20.3. The van der Waals surface area contributed by atoms with Crippen molar-refractivity contribution in [1.82, 2.24) is 20.1 Å². The average molecular weight is 612 g/mol. The van der Waals surface area contributed by atoms with Crippen molar-refractivity contribution >= 4 is 52.5 Å². The van der Waals surface area contributed by atoms with E-state index in [9.17, 15) is 9.18 Å². The van der Waals surface area contributed by atoms with Crippen molar-refractivity contribution in [1.29, 1.82) is 0 Å². The van der Waals surface area contributed by atoms with Crippen LogP contribution in [0, 0.1) is 5.82 Å². The number of aromatic nitrogens is 3. The van der Waals surface area contributed by atoms with Gasteiger partial charge in [0.1, 0.15) is 5.82 Å². The summed E-state index contributed by atoms with van der Waals surface area (Å²) in [5.74, 6) is 0.434. The van der Waals surface area contributed by atoms with Gasteiger partial charge in [0, 0.05) is 21.4 Å². The van der Waals surface area contributed by atoms with Crippen LogP contribution in [0.1, 0.15) is 33.4 Å². The molecule has 4 aromatic carbocycles. The number of thioether (sulfide) groups is 1. The molecule has 1 unspecified atom stereocenters. The third kappa shape index (κ3) is 6.85. The molecule has 0 aliphatic rings. The number of nitrogens with one attached hydrogen (secondary N) is 1. The molecule has 1 aromatic heterocycles. The minimum Gasteiger partial charge on any atom is -0.342 e. The van der Waals surface area contributed by atoms with Crippen molar-refractivity contribution in [3.63, 3.8) is 0 Å². The lowest BCUT2D eigenvalue weighted by Crippen LogP contribution is -2.32. The van der Waals surface area contributed by atoms with Gasteiger partial charge in [0.2, 0.25) is 0 Å². The standard InChI is InChI=1S/C30H22Cl3FN4OS/c31-22-10-8-21(9-11-22)29(39)35-26(16-19-4-2-1-3-5-19)28-36-37-30(40-18-20-6-13-24(34)14-7-20)38(28)27-15-12-23(32)17-25(27)33/h1-15,17,26H,16,18H2,(H,35,39). The molecule has 1 heterocycles. The topological polar surface area (TPSA) is 59.8 Å². The summed E-state index contributed by atoms with van der Waals surface area (Å²) in [6.07, 6.45) is 0.451. The number of hydrogen-bond acceptors (Lipinski definition) is 4. The van der Waals surface area contributed by atoms with E-state index in [2.05, 4.69) is 15.5 Å². The summed E-state index contributed by atoms with van der Waals surface area (Å²) in [5, 5.41) is 14.1. The molecule has 1 N–H and O–H groups in total. The first kappa shape index (κ1) is 28.2. The molecule has 40 heavy (non-hydrogen) atoms. The molecule has 0 aliphatic heterocycles. The summed E-state index contributed by atoms with van der Waals surface area (Å²) in [5.41, 5.74) is 3.00. The second-order valence-electron chi connectivity index (χ2n) is 8.91. The van der Waals surface area contributed by atoms with Gasteiger partial charge in [-0.05, 0) is 72.1 Å². The number of rotatable bonds is 9. The minimum absolute atomic E-state index is 0.283. The van der Waals surface area contributed by atoms with Crippen LogP contribution in [0.4, 0.5) is 4.39 Å². The van der Waals surface area contributed by atoms with Crippen molar-refractivity contribution in [3.8, 4) is 5.69 Å². The van der Waals surface area contributed by atoms with E-state index < -0.39 is 6.04 Å². The molecular formula is C30H22Cl3FN4OS. The van der Waals surface area contributed by atoms with Crippen molar-refractivity contribution < 1.29 is 9.18 Å². The second-order valence-corrected chi connectivity index (χ2v) is 11.1. The maximum atomic E-state index is 13.4. The molecule has 202 valence electrons. The summed E-state index contributed by atoms with van der Waals surface area (Å²) in [7, 11) is 0. The molecule has 0 spiro atoms. The maximum Gasteiger partial charge on any atom is 0.251 e. The highest BCUT2D eigenvalue weighted by molar-refractivity contribution is 7.98. The van der Waals surface area contributed by atoms with Crippen LogP contribution in [0.25, 0.3) is 5.69 Å². The van der Waals surface area contributed by atoms with Gasteiger partial charge in [0.05, 0.1) is 16.8 Å². The van der Waals surface area contributed by atoms with Gasteiger partial charge in [-0.3, -0.25) is 9.36 Å². The van der Waals surface area contributed by atoms with Gasteiger partial charge < -0.3 is 5.32 Å². The lowest BCUT2D eigenvalue weighted by atomic mass is 10.0. The number of benzene rings is 4. The van der Waals surface area contributed by atoms with Gasteiger partial charge in [0.15, 0.2) is 11.0 Å². The first-order valence-corrected chi connectivity index (χ1v) is 14.4. The lowest BCUT2D eigenvalue weighted by molar-refractivity contribution is 0.0934. The van der Waals surface area contributed by atoms with Crippen LogP contribution >= 0.6 is 46.6 Å². The van der Waals surface area contributed by atoms with Gasteiger partial charge in [0.25, 0.3) is 5.91 Å². The Morgan fingerprint density at radius 1 is 0.850 bits per heavy atom. The van der Waals surface area contributed by atoms with Crippen molar-refractivity contribution in [3.05, 3.63) is 140 Å². The molecule has 0 bridgehead atoms. The van der Waals surface area contributed by atoms with E-state index in [1.807, 2.05) is 34.9 Å². The van der Waals surface area contributed by atoms with Crippen LogP contribution in [-0.4, -0.2) is 20.7 Å². The average Bonchev–Trinajstić information content (AvgIpc) is 3.37. The first-order chi connectivity index (χ1) is 19.4. The Balaban J connectivity index is 1.56. The van der Waals surface area contributed by atoms with Gasteiger partial charge in [-0.15, -0.1) is 10.2 Å². The van der Waals surface area contributed by atoms with E-state index in [4.69, 9.17) is 34.8 Å². The molecule has 0 saturated heterocycles. The highest BCUT2D eigenvalue weighted by Crippen LogP contribution is 2.33. The van der Waals surface area contributed by atoms with E-state index in [0.717, 1.165) is 11.1 Å². The number of carbonyl (C=O) groups excluding carboxylic acids is 1. The molecule has 0 fully saturated rings. The van der Waals surface area contributed by atoms with E-state index in [-0.39, 0.29) is 11.7 Å². The third-order valence-corrected chi connectivity index (χ3v) is 7.89. The lowest BCUT2D eigenvalue weighted by Gasteiger charge is -2.21. The molecule has 1 atom stereocenters. The normalized spacial score (nSPS) is 11.8. The van der Waals surface area contributed by atoms with E-state index in [0.29, 0.717) is 49.5 Å². The van der Waals surface area contributed by atoms with Crippen molar-refractivity contribution in [2.75, 3.05) is 0 Å². The summed E-state index contributed by atoms with van der Waals surface area (Å²) in [6, 6.07) is 27.4. The Bertz CT molecular complexity index is 1610. The minimum atomic E-state index is -0.565. The Morgan fingerprint density at radius 3 is 2.25 bits per heavy atom. The number of nitrogens with zero attached hydrogens (tertiary/aromatic N) is 3. The third-order valence-electron chi connectivity index (χ3n) is 6.10. The van der Waals surface area contributed by atoms with Gasteiger partial charge in [-0.1, -0.05) is 89.0 Å². The largest absolute Gasteiger partial charge is 0.342 e. The van der Waals surface area contributed by atoms with E-state index in [1.54, 1.807) is 54.6 Å². The molecule has 0 radical (unpaired) electrons. The molecule has 0 saturated carbocycles. The fourth-order valence-electron chi connectivity index (χ4n) is 4.12. The monoisotopic (exact) mass is 610 g/mol. The molecule has 1 amide bonds. The molecule has 10 heteroatoms. The number of halogens is 4. The predicted octanol–water partition coefficient (Wildman–Crippen LogP) is 8.37. The fourth-order valence-corrected chi connectivity index (χ4v) is 5.64. The van der Waals surface area contributed by atoms with Crippen LogP contribution in [-0.2, 0) is 12.2 Å². The Hall–Kier alpha value is -3.36. The molecule has 0 aliphatic carbocycles. The molecular weight excluding hydrogens is 590 g/mol. The smallest absolute Gasteiger partial charge is 0.251 e. The first-order valence-electron chi connectivity index (χ1n) is 12.3. The highest BCUT2D eigenvalue weighted by Gasteiger charge is 2.26. The van der Waals surface area contributed by atoms with E-state index >= 15 is 0 Å². The van der Waals surface area contributed by atoms with E-state index in [1.165, 1.54) is 23.9 Å². The number of carbonyl (C=O) groups is 1. The highest BCUT2D eigenvalue weighted by atomic mass is 35.5. The fraction of sp³-hybridized carbons (Fsp3) is 0.100. The zero-order valence-electron chi connectivity index (χ0n) is 20.9. The second kappa shape index (κ2) is 12.9. The predicted molar refractivity (Wildman–Crippen MR) is 159 cm³/mol. The summed E-state index contributed by atoms with van der Waals surface area (Å²) in [6.45, 7) is 0. The molecule has 5 nitrogen and oxygen atoms in total. The van der Waals surface area contributed by atoms with Crippen LogP contribution in [0.5, 0.6) is 0 Å². The quantitative estimate of drug-likeness (QED) is 0.170. The number of amides is 1. The van der Waals surface area contributed by atoms with Crippen molar-refractivity contribution in [2.45, 2.75) is 23.4 Å². The van der Waals surface area contributed by atoms with Crippen LogP contribution in [0.15, 0.2) is 102 Å². The van der Waals surface area contributed by atoms with Crippen molar-refractivity contribution in [2.24, 2.45) is 0 Å². The van der Waals surface area contributed by atoms with Crippen LogP contribution < -0.4 is 5.32 Å². The van der Waals surface area contributed by atoms with Crippen LogP contribution in [0.2, 0.25) is 15.1 Å². The van der Waals surface area contributed by atoms with Crippen LogP contribution in [0.3, 0.4) is 0 Å². The Kier molecular flexibility index (Phi) is 9.07.